The molecule has 0 saturated carbocycles. The lowest BCUT2D eigenvalue weighted by molar-refractivity contribution is -0.113. The molecule has 0 bridgehead atoms. The molecule has 1 aromatic heterocycles. The number of anilines is 1. The maximum atomic E-state index is 12.3. The minimum Gasteiger partial charge on any atom is -0.497 e. The first kappa shape index (κ1) is 22.0. The topological polar surface area (TPSA) is 78.3 Å². The van der Waals surface area contributed by atoms with Crippen LogP contribution in [-0.2, 0) is 11.3 Å². The van der Waals surface area contributed by atoms with E-state index in [1.165, 1.54) is 11.8 Å². The lowest BCUT2D eigenvalue weighted by Gasteiger charge is -2.15. The average molecular weight is 447 g/mol. The molecule has 1 amide bonds. The molecular formula is C21H23ClN4O3S. The first-order valence-corrected chi connectivity index (χ1v) is 10.8. The minimum atomic E-state index is -0.305. The molecule has 7 nitrogen and oxygen atoms in total. The molecule has 3 rings (SSSR count). The SMILES string of the molecule is CCn1c(SCC(=O)Nc2cccc(Cl)c2)nnc1C(C)Oc1ccc(OC)cc1. The summed E-state index contributed by atoms with van der Waals surface area (Å²) in [6.07, 6.45) is -0.305. The predicted octanol–water partition coefficient (Wildman–Crippen LogP) is 4.83. The van der Waals surface area contributed by atoms with Crippen molar-refractivity contribution in [2.75, 3.05) is 18.2 Å². The summed E-state index contributed by atoms with van der Waals surface area (Å²) in [6, 6.07) is 14.4. The molecule has 2 aromatic carbocycles. The van der Waals surface area contributed by atoms with E-state index in [1.54, 1.807) is 31.4 Å². The summed E-state index contributed by atoms with van der Waals surface area (Å²) in [5, 5.41) is 12.6. The molecule has 0 aliphatic heterocycles. The molecule has 9 heteroatoms. The molecule has 0 fully saturated rings. The van der Waals surface area contributed by atoms with Crippen molar-refractivity contribution in [3.05, 3.63) is 59.4 Å². The quantitative estimate of drug-likeness (QED) is 0.474. The van der Waals surface area contributed by atoms with Gasteiger partial charge in [-0.2, -0.15) is 0 Å². The molecule has 1 unspecified atom stereocenters. The van der Waals surface area contributed by atoms with Gasteiger partial charge in [0.1, 0.15) is 11.5 Å². The van der Waals surface area contributed by atoms with Gasteiger partial charge in [-0.05, 0) is 56.3 Å². The number of methoxy groups -OCH3 is 1. The first-order valence-electron chi connectivity index (χ1n) is 9.42. The lowest BCUT2D eigenvalue weighted by Crippen LogP contribution is -2.15. The third-order valence-corrected chi connectivity index (χ3v) is 5.44. The van der Waals surface area contributed by atoms with Gasteiger partial charge in [0.25, 0.3) is 0 Å². The number of aromatic nitrogens is 3. The van der Waals surface area contributed by atoms with E-state index < -0.39 is 0 Å². The standard InChI is InChI=1S/C21H23ClN4O3S/c1-4-26-20(14(2)29-18-10-8-17(28-3)9-11-18)24-25-21(26)30-13-19(27)23-16-7-5-6-15(22)12-16/h5-12,14H,4,13H2,1-3H3,(H,23,27). The fourth-order valence-corrected chi connectivity index (χ4v) is 3.81. The second-order valence-corrected chi connectivity index (χ2v) is 7.75. The van der Waals surface area contributed by atoms with Crippen molar-refractivity contribution in [1.82, 2.24) is 14.8 Å². The summed E-state index contributed by atoms with van der Waals surface area (Å²) in [4.78, 5) is 12.3. The van der Waals surface area contributed by atoms with Gasteiger partial charge in [-0.15, -0.1) is 10.2 Å². The van der Waals surface area contributed by atoms with Crippen LogP contribution in [0.25, 0.3) is 0 Å². The van der Waals surface area contributed by atoms with E-state index in [-0.39, 0.29) is 17.8 Å². The number of carbonyl (C=O) groups excluding carboxylic acids is 1. The van der Waals surface area contributed by atoms with Crippen LogP contribution in [0.15, 0.2) is 53.7 Å². The number of thioether (sulfide) groups is 1. The zero-order valence-corrected chi connectivity index (χ0v) is 18.5. The van der Waals surface area contributed by atoms with Crippen LogP contribution in [0.1, 0.15) is 25.8 Å². The Balaban J connectivity index is 1.62. The molecular weight excluding hydrogens is 424 g/mol. The number of rotatable bonds is 9. The molecule has 0 radical (unpaired) electrons. The van der Waals surface area contributed by atoms with Crippen LogP contribution in [0.4, 0.5) is 5.69 Å². The predicted molar refractivity (Wildman–Crippen MR) is 119 cm³/mol. The highest BCUT2D eigenvalue weighted by Gasteiger charge is 2.19. The minimum absolute atomic E-state index is 0.142. The summed E-state index contributed by atoms with van der Waals surface area (Å²) >= 11 is 7.28. The second kappa shape index (κ2) is 10.4. The Kier molecular flexibility index (Phi) is 7.59. The van der Waals surface area contributed by atoms with Crippen molar-refractivity contribution in [2.24, 2.45) is 0 Å². The number of nitrogens with zero attached hydrogens (tertiary/aromatic N) is 3. The van der Waals surface area contributed by atoms with Gasteiger partial charge in [-0.1, -0.05) is 29.4 Å². The third-order valence-electron chi connectivity index (χ3n) is 4.24. The van der Waals surface area contributed by atoms with Crippen molar-refractivity contribution >= 4 is 35.0 Å². The number of nitrogens with one attached hydrogen (secondary N) is 1. The summed E-state index contributed by atoms with van der Waals surface area (Å²) < 4.78 is 13.1. The van der Waals surface area contributed by atoms with E-state index in [9.17, 15) is 4.79 Å². The zero-order valence-electron chi connectivity index (χ0n) is 17.0. The molecule has 1 atom stereocenters. The van der Waals surface area contributed by atoms with E-state index in [2.05, 4.69) is 15.5 Å². The Morgan fingerprint density at radius 3 is 2.60 bits per heavy atom. The van der Waals surface area contributed by atoms with Crippen LogP contribution in [-0.4, -0.2) is 33.5 Å². The highest BCUT2D eigenvalue weighted by Crippen LogP contribution is 2.26. The molecule has 30 heavy (non-hydrogen) atoms. The van der Waals surface area contributed by atoms with Gasteiger partial charge in [0.05, 0.1) is 12.9 Å². The van der Waals surface area contributed by atoms with Crippen molar-refractivity contribution in [3.8, 4) is 11.5 Å². The van der Waals surface area contributed by atoms with Gasteiger partial charge < -0.3 is 19.4 Å². The van der Waals surface area contributed by atoms with Gasteiger partial charge in [0.15, 0.2) is 17.1 Å². The second-order valence-electron chi connectivity index (χ2n) is 6.37. The average Bonchev–Trinajstić information content (AvgIpc) is 3.16. The molecule has 158 valence electrons. The van der Waals surface area contributed by atoms with Crippen molar-refractivity contribution in [3.63, 3.8) is 0 Å². The van der Waals surface area contributed by atoms with Gasteiger partial charge in [0, 0.05) is 17.3 Å². The van der Waals surface area contributed by atoms with Crippen molar-refractivity contribution < 1.29 is 14.3 Å². The van der Waals surface area contributed by atoms with E-state index in [0.29, 0.717) is 34.0 Å². The number of hydrogen-bond donors (Lipinski definition) is 1. The van der Waals surface area contributed by atoms with Gasteiger partial charge in [-0.25, -0.2) is 0 Å². The van der Waals surface area contributed by atoms with Crippen LogP contribution in [0.5, 0.6) is 11.5 Å². The van der Waals surface area contributed by atoms with Gasteiger partial charge in [0.2, 0.25) is 5.91 Å². The molecule has 0 spiro atoms. The lowest BCUT2D eigenvalue weighted by atomic mass is 10.3. The Labute approximate surface area is 184 Å². The van der Waals surface area contributed by atoms with E-state index in [4.69, 9.17) is 21.1 Å². The normalized spacial score (nSPS) is 11.7. The number of ether oxygens (including phenoxy) is 2. The first-order chi connectivity index (χ1) is 14.5. The van der Waals surface area contributed by atoms with Gasteiger partial charge >= 0.3 is 0 Å². The fraction of sp³-hybridized carbons (Fsp3) is 0.286. The molecule has 3 aromatic rings. The number of benzene rings is 2. The van der Waals surface area contributed by atoms with Crippen molar-refractivity contribution in [1.29, 1.82) is 0 Å². The number of carbonyl (C=O) groups is 1. The maximum Gasteiger partial charge on any atom is 0.234 e. The summed E-state index contributed by atoms with van der Waals surface area (Å²) in [6.45, 7) is 4.58. The van der Waals surface area contributed by atoms with Crippen LogP contribution >= 0.6 is 23.4 Å². The zero-order chi connectivity index (χ0) is 21.5. The molecule has 0 aliphatic carbocycles. The monoisotopic (exact) mass is 446 g/mol. The highest BCUT2D eigenvalue weighted by molar-refractivity contribution is 7.99. The Hall–Kier alpha value is -2.71. The third kappa shape index (κ3) is 5.67. The van der Waals surface area contributed by atoms with Crippen LogP contribution in [0.3, 0.4) is 0 Å². The van der Waals surface area contributed by atoms with E-state index >= 15 is 0 Å². The maximum absolute atomic E-state index is 12.3. The number of hydrogen-bond acceptors (Lipinski definition) is 6. The smallest absolute Gasteiger partial charge is 0.234 e. The molecule has 0 saturated heterocycles. The molecule has 1 heterocycles. The molecule has 1 N–H and O–H groups in total. The summed E-state index contributed by atoms with van der Waals surface area (Å²) in [5.74, 6) is 2.24. The Morgan fingerprint density at radius 1 is 1.20 bits per heavy atom. The van der Waals surface area contributed by atoms with Gasteiger partial charge in [-0.3, -0.25) is 4.79 Å². The highest BCUT2D eigenvalue weighted by atomic mass is 35.5. The van der Waals surface area contributed by atoms with Crippen LogP contribution < -0.4 is 14.8 Å². The Morgan fingerprint density at radius 2 is 1.93 bits per heavy atom. The Bertz CT molecular complexity index is 994. The number of halogens is 1. The van der Waals surface area contributed by atoms with E-state index in [1.807, 2.05) is 42.7 Å². The summed E-state index contributed by atoms with van der Waals surface area (Å²) in [5.41, 5.74) is 0.660. The molecule has 0 aliphatic rings. The van der Waals surface area contributed by atoms with E-state index in [0.717, 1.165) is 5.75 Å². The van der Waals surface area contributed by atoms with Crippen LogP contribution in [0.2, 0.25) is 5.02 Å². The van der Waals surface area contributed by atoms with Crippen molar-refractivity contribution in [2.45, 2.75) is 31.7 Å². The largest absolute Gasteiger partial charge is 0.497 e. The van der Waals surface area contributed by atoms with Crippen LogP contribution in [0, 0.1) is 0 Å². The fourth-order valence-electron chi connectivity index (χ4n) is 2.81. The number of amides is 1. The summed E-state index contributed by atoms with van der Waals surface area (Å²) in [7, 11) is 1.62.